The molecule has 1 aromatic carbocycles. The second-order valence-electron chi connectivity index (χ2n) is 9.78. The Bertz CT molecular complexity index is 1700. The summed E-state index contributed by atoms with van der Waals surface area (Å²) in [7, 11) is 0. The fourth-order valence-corrected chi connectivity index (χ4v) is 5.09. The standard InChI is InChI=1S/C30H25N7O/c38-30(18-4-1-5-18)35-22-10-20(14-32-16-22)21-11-25-28(33-15-21)17-34-37-29(25)27-12-24-23(7-2-8-26(24)36-27)19-6-3-9-31-13-19/h2-3,6-16,18,34,36H,1,4-5,17H2,(H,35,38). The Morgan fingerprint density at radius 2 is 1.79 bits per heavy atom. The number of nitrogens with one attached hydrogen (secondary N) is 3. The molecule has 0 spiro atoms. The number of H-pyrrole nitrogens is 1. The molecule has 2 aliphatic rings. The van der Waals surface area contributed by atoms with Gasteiger partial charge in [-0.1, -0.05) is 24.6 Å². The van der Waals surface area contributed by atoms with Crippen molar-refractivity contribution in [3.8, 4) is 22.3 Å². The molecule has 1 saturated carbocycles. The van der Waals surface area contributed by atoms with E-state index in [2.05, 4.69) is 61.1 Å². The van der Waals surface area contributed by atoms with E-state index in [1.165, 1.54) is 0 Å². The molecule has 8 heteroatoms. The summed E-state index contributed by atoms with van der Waals surface area (Å²) in [6, 6.07) is 16.4. The predicted molar refractivity (Wildman–Crippen MR) is 147 cm³/mol. The minimum absolute atomic E-state index is 0.0729. The smallest absolute Gasteiger partial charge is 0.227 e. The fraction of sp³-hybridized carbons (Fsp3) is 0.167. The van der Waals surface area contributed by atoms with Crippen LogP contribution in [0.25, 0.3) is 33.2 Å². The first-order valence-electron chi connectivity index (χ1n) is 12.8. The average molecular weight is 500 g/mol. The van der Waals surface area contributed by atoms with Crippen molar-refractivity contribution in [1.29, 1.82) is 0 Å². The molecule has 1 aliphatic carbocycles. The molecule has 1 fully saturated rings. The van der Waals surface area contributed by atoms with Crippen LogP contribution in [0.4, 0.5) is 5.69 Å². The number of carbonyl (C=O) groups excluding carboxylic acids is 1. The van der Waals surface area contributed by atoms with Crippen LogP contribution in [0.15, 0.2) is 84.6 Å². The van der Waals surface area contributed by atoms with Crippen LogP contribution in [0, 0.1) is 5.92 Å². The molecule has 0 bridgehead atoms. The van der Waals surface area contributed by atoms with Gasteiger partial charge in [-0.3, -0.25) is 19.7 Å². The van der Waals surface area contributed by atoms with Crippen molar-refractivity contribution in [2.75, 3.05) is 5.32 Å². The maximum absolute atomic E-state index is 12.4. The lowest BCUT2D eigenvalue weighted by atomic mass is 9.85. The van der Waals surface area contributed by atoms with E-state index in [0.29, 0.717) is 12.2 Å². The van der Waals surface area contributed by atoms with Crippen LogP contribution in [-0.2, 0) is 11.3 Å². The molecule has 5 heterocycles. The van der Waals surface area contributed by atoms with Crippen LogP contribution in [-0.4, -0.2) is 31.6 Å². The van der Waals surface area contributed by atoms with Crippen LogP contribution >= 0.6 is 0 Å². The number of pyridine rings is 3. The summed E-state index contributed by atoms with van der Waals surface area (Å²) >= 11 is 0. The third-order valence-corrected chi connectivity index (χ3v) is 7.37. The minimum atomic E-state index is 0.0729. The van der Waals surface area contributed by atoms with Gasteiger partial charge in [0.25, 0.3) is 0 Å². The number of amides is 1. The Kier molecular flexibility index (Phi) is 5.43. The van der Waals surface area contributed by atoms with Gasteiger partial charge in [0.1, 0.15) is 5.71 Å². The summed E-state index contributed by atoms with van der Waals surface area (Å²) in [5.74, 6) is 0.189. The lowest BCUT2D eigenvalue weighted by Gasteiger charge is -2.24. The molecule has 38 heavy (non-hydrogen) atoms. The third-order valence-electron chi connectivity index (χ3n) is 7.37. The number of anilines is 1. The first-order chi connectivity index (χ1) is 18.7. The first kappa shape index (κ1) is 22.4. The minimum Gasteiger partial charge on any atom is -0.353 e. The van der Waals surface area contributed by atoms with E-state index in [1.807, 2.05) is 30.6 Å². The van der Waals surface area contributed by atoms with Crippen molar-refractivity contribution < 1.29 is 4.79 Å². The summed E-state index contributed by atoms with van der Waals surface area (Å²) in [5.41, 5.74) is 12.4. The highest BCUT2D eigenvalue weighted by Crippen LogP contribution is 2.32. The summed E-state index contributed by atoms with van der Waals surface area (Å²) in [5, 5.41) is 8.80. The summed E-state index contributed by atoms with van der Waals surface area (Å²) < 4.78 is 0. The van der Waals surface area contributed by atoms with E-state index in [-0.39, 0.29) is 11.8 Å². The van der Waals surface area contributed by atoms with Gasteiger partial charge in [-0.05, 0) is 48.7 Å². The van der Waals surface area contributed by atoms with Crippen LogP contribution in [0.3, 0.4) is 0 Å². The highest BCUT2D eigenvalue weighted by Gasteiger charge is 2.25. The van der Waals surface area contributed by atoms with Gasteiger partial charge in [0.2, 0.25) is 5.91 Å². The van der Waals surface area contributed by atoms with Crippen LogP contribution in [0.1, 0.15) is 36.2 Å². The maximum atomic E-state index is 12.4. The van der Waals surface area contributed by atoms with Crippen molar-refractivity contribution in [3.05, 3.63) is 96.5 Å². The quantitative estimate of drug-likeness (QED) is 0.305. The monoisotopic (exact) mass is 499 g/mol. The van der Waals surface area contributed by atoms with Gasteiger partial charge in [-0.15, -0.1) is 0 Å². The molecule has 1 amide bonds. The van der Waals surface area contributed by atoms with E-state index in [1.54, 1.807) is 18.6 Å². The number of aromatic amines is 1. The summed E-state index contributed by atoms with van der Waals surface area (Å²) in [4.78, 5) is 29.4. The number of carbonyl (C=O) groups is 1. The zero-order valence-corrected chi connectivity index (χ0v) is 20.6. The maximum Gasteiger partial charge on any atom is 0.227 e. The fourth-order valence-electron chi connectivity index (χ4n) is 5.09. The Morgan fingerprint density at radius 3 is 2.63 bits per heavy atom. The predicted octanol–water partition coefficient (Wildman–Crippen LogP) is 5.28. The Hall–Kier alpha value is -4.85. The van der Waals surface area contributed by atoms with Crippen LogP contribution in [0.2, 0.25) is 0 Å². The number of hydrogen-bond donors (Lipinski definition) is 3. The topological polar surface area (TPSA) is 108 Å². The Labute approximate surface area is 219 Å². The van der Waals surface area contributed by atoms with Crippen molar-refractivity contribution in [3.63, 3.8) is 0 Å². The summed E-state index contributed by atoms with van der Waals surface area (Å²) in [6.07, 6.45) is 12.0. The van der Waals surface area contributed by atoms with E-state index in [0.717, 1.165) is 75.1 Å². The molecule has 7 rings (SSSR count). The molecule has 1 aliphatic heterocycles. The van der Waals surface area contributed by atoms with Gasteiger partial charge in [0, 0.05) is 63.9 Å². The largest absolute Gasteiger partial charge is 0.353 e. The molecular weight excluding hydrogens is 474 g/mol. The van der Waals surface area contributed by atoms with E-state index < -0.39 is 0 Å². The number of aromatic nitrogens is 4. The van der Waals surface area contributed by atoms with Crippen molar-refractivity contribution in [2.45, 2.75) is 25.8 Å². The SMILES string of the molecule is O=C(Nc1cncc(-c2cnc3c(c2)C(c2cc4c(-c5cccnc5)cccc4[nH]2)=NNC3)c1)C1CCC1. The highest BCUT2D eigenvalue weighted by molar-refractivity contribution is 6.16. The van der Waals surface area contributed by atoms with Gasteiger partial charge in [0.05, 0.1) is 29.8 Å². The molecule has 186 valence electrons. The van der Waals surface area contributed by atoms with E-state index in [4.69, 9.17) is 4.98 Å². The number of fused-ring (bicyclic) bond motifs is 2. The summed E-state index contributed by atoms with van der Waals surface area (Å²) in [6.45, 7) is 0.552. The van der Waals surface area contributed by atoms with Gasteiger partial charge >= 0.3 is 0 Å². The van der Waals surface area contributed by atoms with E-state index in [9.17, 15) is 4.79 Å². The molecule has 3 N–H and O–H groups in total. The number of hydrogen-bond acceptors (Lipinski definition) is 6. The number of nitrogens with zero attached hydrogens (tertiary/aromatic N) is 4. The second kappa shape index (κ2) is 9.23. The molecule has 8 nitrogen and oxygen atoms in total. The van der Waals surface area contributed by atoms with Gasteiger partial charge in [-0.2, -0.15) is 5.10 Å². The van der Waals surface area contributed by atoms with Crippen molar-refractivity contribution in [1.82, 2.24) is 25.4 Å². The lowest BCUT2D eigenvalue weighted by molar-refractivity contribution is -0.122. The van der Waals surface area contributed by atoms with Crippen molar-refractivity contribution in [2.24, 2.45) is 11.0 Å². The Balaban J connectivity index is 1.24. The normalized spacial score (nSPS) is 14.8. The zero-order valence-electron chi connectivity index (χ0n) is 20.6. The average Bonchev–Trinajstić information content (AvgIpc) is 3.36. The number of rotatable bonds is 5. The first-order valence-corrected chi connectivity index (χ1v) is 12.8. The molecule has 0 atom stereocenters. The highest BCUT2D eigenvalue weighted by atomic mass is 16.1. The van der Waals surface area contributed by atoms with Gasteiger partial charge in [-0.25, -0.2) is 0 Å². The van der Waals surface area contributed by atoms with E-state index >= 15 is 0 Å². The van der Waals surface area contributed by atoms with Crippen LogP contribution in [0.5, 0.6) is 0 Å². The zero-order chi connectivity index (χ0) is 25.5. The number of hydrazone groups is 1. The number of benzene rings is 1. The lowest BCUT2D eigenvalue weighted by Crippen LogP contribution is -2.28. The van der Waals surface area contributed by atoms with Gasteiger partial charge in [0.15, 0.2) is 0 Å². The third kappa shape index (κ3) is 4.00. The molecule has 0 unspecified atom stereocenters. The molecule has 5 aromatic rings. The van der Waals surface area contributed by atoms with Crippen LogP contribution < -0.4 is 10.7 Å². The molecular formula is C30H25N7O. The van der Waals surface area contributed by atoms with Crippen molar-refractivity contribution >= 4 is 28.2 Å². The molecule has 0 saturated heterocycles. The Morgan fingerprint density at radius 1 is 0.895 bits per heavy atom. The molecule has 4 aromatic heterocycles. The molecule has 0 radical (unpaired) electrons. The van der Waals surface area contributed by atoms with Gasteiger partial charge < -0.3 is 15.7 Å². The second-order valence-corrected chi connectivity index (χ2v) is 9.78.